The maximum Gasteiger partial charge on any atom is 0.352 e. The van der Waals surface area contributed by atoms with Crippen molar-refractivity contribution >= 4 is 29.5 Å². The van der Waals surface area contributed by atoms with E-state index in [1.54, 1.807) is 0 Å². The first-order chi connectivity index (χ1) is 11.1. The highest BCUT2D eigenvalue weighted by Gasteiger charge is 2.51. The molecule has 0 aromatic rings. The Labute approximate surface area is 137 Å². The van der Waals surface area contributed by atoms with Crippen LogP contribution in [0.3, 0.4) is 0 Å². The largest absolute Gasteiger partial charge is 0.477 e. The molecule has 2 atom stereocenters. The van der Waals surface area contributed by atoms with E-state index in [0.29, 0.717) is 12.3 Å². The average molecular weight is 335 g/mol. The molecule has 122 valence electrons. The Kier molecular flexibility index (Phi) is 3.34. The number of carboxylic acids is 1. The van der Waals surface area contributed by atoms with Gasteiger partial charge in [-0.05, 0) is 18.1 Å². The van der Waals surface area contributed by atoms with E-state index in [2.05, 4.69) is 10.0 Å². The third kappa shape index (κ3) is 2.14. The topological polar surface area (TPSA) is 102 Å². The zero-order valence-corrected chi connectivity index (χ0v) is 13.2. The number of rotatable bonds is 3. The van der Waals surface area contributed by atoms with Crippen molar-refractivity contribution in [3.8, 4) is 0 Å². The van der Waals surface area contributed by atoms with Gasteiger partial charge in [-0.3, -0.25) is 24.7 Å². The normalized spacial score (nSPS) is 29.3. The first-order valence-corrected chi connectivity index (χ1v) is 8.55. The van der Waals surface area contributed by atoms with Crippen molar-refractivity contribution in [2.75, 3.05) is 25.4 Å². The second-order valence-electron chi connectivity index (χ2n) is 5.82. The van der Waals surface area contributed by atoms with Crippen molar-refractivity contribution in [2.45, 2.75) is 17.8 Å². The fourth-order valence-electron chi connectivity index (χ4n) is 3.28. The van der Waals surface area contributed by atoms with Crippen LogP contribution in [-0.2, 0) is 9.59 Å². The predicted molar refractivity (Wildman–Crippen MR) is 85.2 cm³/mol. The summed E-state index contributed by atoms with van der Waals surface area (Å²) in [6.45, 7) is 2.13. The van der Waals surface area contributed by atoms with Crippen LogP contribution in [0.2, 0.25) is 0 Å². The van der Waals surface area contributed by atoms with Gasteiger partial charge in [-0.2, -0.15) is 0 Å². The summed E-state index contributed by atoms with van der Waals surface area (Å²) in [6.07, 6.45) is 4.82. The highest BCUT2D eigenvalue weighted by atomic mass is 32.2. The number of amides is 1. The highest BCUT2D eigenvalue weighted by molar-refractivity contribution is 8.00. The lowest BCUT2D eigenvalue weighted by Crippen LogP contribution is -2.68. The second-order valence-corrected chi connectivity index (χ2v) is 6.93. The van der Waals surface area contributed by atoms with Crippen molar-refractivity contribution in [3.63, 3.8) is 0 Å². The number of nitrogens with two attached hydrogens (primary N) is 1. The van der Waals surface area contributed by atoms with Crippen LogP contribution in [-0.4, -0.2) is 74.5 Å². The molecule has 1 amide bonds. The molecule has 8 nitrogen and oxygen atoms in total. The zero-order chi connectivity index (χ0) is 16.1. The first kappa shape index (κ1) is 14.6. The third-order valence-electron chi connectivity index (χ3n) is 4.42. The van der Waals surface area contributed by atoms with Gasteiger partial charge < -0.3 is 10.8 Å². The molecule has 1 saturated heterocycles. The zero-order valence-electron chi connectivity index (χ0n) is 12.4. The van der Waals surface area contributed by atoms with Crippen LogP contribution < -0.4 is 5.73 Å². The molecule has 3 N–H and O–H groups in total. The SMILES string of the molecule is N[C@@H]1C(=O)N2C(C(=O)O)=C(CN3C=CC4=NCCCN43)CS[C@H]12. The lowest BCUT2D eigenvalue weighted by atomic mass is 10.0. The first-order valence-electron chi connectivity index (χ1n) is 7.50. The van der Waals surface area contributed by atoms with Gasteiger partial charge in [-0.15, -0.1) is 11.8 Å². The van der Waals surface area contributed by atoms with Gasteiger partial charge in [0.05, 0.1) is 6.54 Å². The molecule has 4 aliphatic heterocycles. The number of nitrogens with zero attached hydrogens (tertiary/aromatic N) is 4. The number of carbonyl (C=O) groups is 2. The van der Waals surface area contributed by atoms with Gasteiger partial charge in [-0.1, -0.05) is 0 Å². The number of aliphatic carboxylic acids is 1. The molecule has 0 aliphatic carbocycles. The Morgan fingerprint density at radius 2 is 2.35 bits per heavy atom. The minimum Gasteiger partial charge on any atom is -0.477 e. The number of amidine groups is 1. The van der Waals surface area contributed by atoms with Crippen LogP contribution in [0, 0.1) is 0 Å². The molecule has 0 radical (unpaired) electrons. The summed E-state index contributed by atoms with van der Waals surface area (Å²) >= 11 is 1.53. The van der Waals surface area contributed by atoms with Gasteiger partial charge in [0.1, 0.15) is 22.9 Å². The Morgan fingerprint density at radius 3 is 3.13 bits per heavy atom. The van der Waals surface area contributed by atoms with E-state index in [1.165, 1.54) is 16.7 Å². The summed E-state index contributed by atoms with van der Waals surface area (Å²) < 4.78 is 0. The Hall–Kier alpha value is -2.00. The fourth-order valence-corrected chi connectivity index (χ4v) is 4.56. The van der Waals surface area contributed by atoms with Crippen LogP contribution in [0.4, 0.5) is 0 Å². The molecule has 9 heteroatoms. The number of hydrogen-bond donors (Lipinski definition) is 2. The summed E-state index contributed by atoms with van der Waals surface area (Å²) in [6, 6.07) is -0.594. The van der Waals surface area contributed by atoms with Gasteiger partial charge in [0, 0.05) is 25.0 Å². The summed E-state index contributed by atoms with van der Waals surface area (Å²) in [7, 11) is 0. The van der Waals surface area contributed by atoms with Crippen LogP contribution in [0.1, 0.15) is 6.42 Å². The lowest BCUT2D eigenvalue weighted by molar-refractivity contribution is -0.148. The number of thioether (sulfide) groups is 1. The molecular formula is C14H17N5O3S. The number of carboxylic acid groups (broad SMARTS) is 1. The molecule has 4 aliphatic rings. The molecule has 23 heavy (non-hydrogen) atoms. The number of aliphatic imine (C=N–C) groups is 1. The summed E-state index contributed by atoms with van der Waals surface area (Å²) in [4.78, 5) is 29.4. The van der Waals surface area contributed by atoms with Crippen molar-refractivity contribution in [1.29, 1.82) is 0 Å². The van der Waals surface area contributed by atoms with Crippen LogP contribution in [0.25, 0.3) is 0 Å². The van der Waals surface area contributed by atoms with E-state index in [4.69, 9.17) is 5.73 Å². The Bertz CT molecular complexity index is 673. The number of hydrazine groups is 1. The van der Waals surface area contributed by atoms with Crippen LogP contribution in [0.15, 0.2) is 28.5 Å². The number of hydrogen-bond acceptors (Lipinski definition) is 7. The minimum absolute atomic E-state index is 0.0937. The van der Waals surface area contributed by atoms with Crippen molar-refractivity contribution in [3.05, 3.63) is 23.5 Å². The van der Waals surface area contributed by atoms with Crippen molar-refractivity contribution in [2.24, 2.45) is 10.7 Å². The van der Waals surface area contributed by atoms with Gasteiger partial charge in [0.25, 0.3) is 0 Å². The molecule has 0 spiro atoms. The van der Waals surface area contributed by atoms with Gasteiger partial charge in [-0.25, -0.2) is 4.79 Å². The predicted octanol–water partition coefficient (Wildman–Crippen LogP) is -0.584. The van der Waals surface area contributed by atoms with E-state index >= 15 is 0 Å². The second kappa shape index (κ2) is 5.27. The highest BCUT2D eigenvalue weighted by Crippen LogP contribution is 2.39. The standard InChI is InChI=1S/C14H17N5O3S/c15-10-12(20)19-11(14(21)22)8(7-23-13(10)19)6-17-5-2-9-16-3-1-4-18(9)17/h2,5,10,13H,1,3-4,6-7,15H2,(H,21,22)/t10-,13-/m1/s1. The van der Waals surface area contributed by atoms with E-state index in [1.807, 2.05) is 17.3 Å². The number of β-lactam (4-membered cyclic amide) rings is 1. The lowest BCUT2D eigenvalue weighted by Gasteiger charge is -2.48. The van der Waals surface area contributed by atoms with Gasteiger partial charge in [0.15, 0.2) is 0 Å². The van der Waals surface area contributed by atoms with Gasteiger partial charge in [0.2, 0.25) is 5.91 Å². The maximum absolute atomic E-state index is 12.0. The molecule has 0 aromatic heterocycles. The Balaban J connectivity index is 1.61. The minimum atomic E-state index is -1.07. The smallest absolute Gasteiger partial charge is 0.352 e. The van der Waals surface area contributed by atoms with E-state index in [9.17, 15) is 14.7 Å². The maximum atomic E-state index is 12.0. The van der Waals surface area contributed by atoms with Gasteiger partial charge >= 0.3 is 5.97 Å². The van der Waals surface area contributed by atoms with Crippen molar-refractivity contribution in [1.82, 2.24) is 14.9 Å². The molecule has 0 bridgehead atoms. The molecule has 0 unspecified atom stereocenters. The average Bonchev–Trinajstić information content (AvgIpc) is 2.96. The fraction of sp³-hybridized carbons (Fsp3) is 0.500. The van der Waals surface area contributed by atoms with Crippen molar-refractivity contribution < 1.29 is 14.7 Å². The van der Waals surface area contributed by atoms with E-state index in [-0.39, 0.29) is 17.0 Å². The molecule has 0 saturated carbocycles. The number of fused-ring (bicyclic) bond motifs is 2. The summed E-state index contributed by atoms with van der Waals surface area (Å²) in [5.74, 6) is 0.0988. The quantitative estimate of drug-likeness (QED) is 0.665. The molecule has 1 fully saturated rings. The monoisotopic (exact) mass is 335 g/mol. The molecule has 4 rings (SSSR count). The Morgan fingerprint density at radius 1 is 1.52 bits per heavy atom. The van der Waals surface area contributed by atoms with E-state index < -0.39 is 12.0 Å². The summed E-state index contributed by atoms with van der Waals surface area (Å²) in [5, 5.41) is 13.3. The molecular weight excluding hydrogens is 318 g/mol. The van der Waals surface area contributed by atoms with Crippen LogP contribution >= 0.6 is 11.8 Å². The molecule has 0 aromatic carbocycles. The third-order valence-corrected chi connectivity index (χ3v) is 5.78. The molecule has 4 heterocycles. The van der Waals surface area contributed by atoms with E-state index in [0.717, 1.165) is 30.9 Å². The van der Waals surface area contributed by atoms with Crippen LogP contribution in [0.5, 0.6) is 0 Å². The summed E-state index contributed by atoms with van der Waals surface area (Å²) in [5.41, 5.74) is 6.59. The number of carbonyl (C=O) groups excluding carboxylic acids is 1.